The standard InChI is InChI=1S/C21H28O3/c1-7-20(3,4)13-9-10-14-15(11-13)18(22)16(19(23)24)12-17(14)21(5,6)8-2/h9-12,22H,7-8H2,1-6H3,(H,23,24). The van der Waals surface area contributed by atoms with E-state index in [0.717, 1.165) is 29.4 Å². The molecule has 3 nitrogen and oxygen atoms in total. The van der Waals surface area contributed by atoms with Gasteiger partial charge < -0.3 is 10.2 Å². The minimum Gasteiger partial charge on any atom is -0.506 e. The van der Waals surface area contributed by atoms with Gasteiger partial charge >= 0.3 is 5.97 Å². The Labute approximate surface area is 144 Å². The maximum absolute atomic E-state index is 11.6. The zero-order chi connectivity index (χ0) is 18.3. The van der Waals surface area contributed by atoms with E-state index in [-0.39, 0.29) is 22.1 Å². The number of carboxylic acid groups (broad SMARTS) is 1. The van der Waals surface area contributed by atoms with Crippen LogP contribution in [-0.2, 0) is 10.8 Å². The third-order valence-electron chi connectivity index (χ3n) is 5.62. The fourth-order valence-electron chi connectivity index (χ4n) is 2.95. The molecule has 0 aliphatic carbocycles. The van der Waals surface area contributed by atoms with Crippen molar-refractivity contribution >= 4 is 16.7 Å². The van der Waals surface area contributed by atoms with Crippen molar-refractivity contribution in [2.45, 2.75) is 65.2 Å². The van der Waals surface area contributed by atoms with E-state index >= 15 is 0 Å². The molecule has 24 heavy (non-hydrogen) atoms. The van der Waals surface area contributed by atoms with Crippen LogP contribution in [0.2, 0.25) is 0 Å². The lowest BCUT2D eigenvalue weighted by Crippen LogP contribution is -2.18. The number of benzene rings is 2. The summed E-state index contributed by atoms with van der Waals surface area (Å²) in [5, 5.41) is 21.6. The number of carbonyl (C=O) groups is 1. The Hall–Kier alpha value is -2.03. The summed E-state index contributed by atoms with van der Waals surface area (Å²) in [5.41, 5.74) is 1.86. The highest BCUT2D eigenvalue weighted by Crippen LogP contribution is 2.41. The fourth-order valence-corrected chi connectivity index (χ4v) is 2.95. The number of aromatic hydroxyl groups is 1. The van der Waals surface area contributed by atoms with E-state index in [1.807, 2.05) is 12.1 Å². The second-order valence-electron chi connectivity index (χ2n) is 7.86. The minimum absolute atomic E-state index is 0.0227. The molecule has 0 aromatic heterocycles. The van der Waals surface area contributed by atoms with Crippen LogP contribution in [0.25, 0.3) is 10.8 Å². The summed E-state index contributed by atoms with van der Waals surface area (Å²) in [6.45, 7) is 12.7. The molecular formula is C21H28O3. The highest BCUT2D eigenvalue weighted by atomic mass is 16.4. The van der Waals surface area contributed by atoms with Gasteiger partial charge in [0, 0.05) is 5.39 Å². The van der Waals surface area contributed by atoms with Crippen molar-refractivity contribution in [2.24, 2.45) is 0 Å². The van der Waals surface area contributed by atoms with Crippen LogP contribution in [0.5, 0.6) is 5.75 Å². The smallest absolute Gasteiger partial charge is 0.339 e. The minimum atomic E-state index is -1.09. The molecule has 0 saturated carbocycles. The van der Waals surface area contributed by atoms with Gasteiger partial charge in [0.15, 0.2) is 0 Å². The predicted octanol–water partition coefficient (Wildman–Crippen LogP) is 5.62. The Morgan fingerprint density at radius 1 is 0.958 bits per heavy atom. The number of rotatable bonds is 5. The lowest BCUT2D eigenvalue weighted by Gasteiger charge is -2.28. The van der Waals surface area contributed by atoms with Gasteiger partial charge in [-0.15, -0.1) is 0 Å². The van der Waals surface area contributed by atoms with Crippen molar-refractivity contribution < 1.29 is 15.0 Å². The quantitative estimate of drug-likeness (QED) is 0.749. The van der Waals surface area contributed by atoms with Crippen LogP contribution < -0.4 is 0 Å². The Balaban J connectivity index is 2.90. The van der Waals surface area contributed by atoms with Gasteiger partial charge in [-0.05, 0) is 52.3 Å². The highest BCUT2D eigenvalue weighted by Gasteiger charge is 2.27. The number of fused-ring (bicyclic) bond motifs is 1. The number of carboxylic acids is 1. The molecule has 2 aromatic rings. The number of phenols is 1. The molecule has 0 spiro atoms. The van der Waals surface area contributed by atoms with Gasteiger partial charge in [-0.25, -0.2) is 4.79 Å². The predicted molar refractivity (Wildman–Crippen MR) is 99.2 cm³/mol. The van der Waals surface area contributed by atoms with Crippen LogP contribution in [0.4, 0.5) is 0 Å². The summed E-state index contributed by atoms with van der Waals surface area (Å²) in [5.74, 6) is -1.23. The van der Waals surface area contributed by atoms with Gasteiger partial charge in [0.1, 0.15) is 11.3 Å². The first-order valence-corrected chi connectivity index (χ1v) is 8.59. The second-order valence-corrected chi connectivity index (χ2v) is 7.86. The molecule has 0 radical (unpaired) electrons. The first-order chi connectivity index (χ1) is 11.0. The molecule has 2 aromatic carbocycles. The maximum atomic E-state index is 11.6. The van der Waals surface area contributed by atoms with E-state index in [0.29, 0.717) is 5.39 Å². The summed E-state index contributed by atoms with van der Waals surface area (Å²) < 4.78 is 0. The van der Waals surface area contributed by atoms with E-state index in [4.69, 9.17) is 0 Å². The van der Waals surface area contributed by atoms with Crippen molar-refractivity contribution in [3.05, 3.63) is 41.0 Å². The van der Waals surface area contributed by atoms with E-state index in [9.17, 15) is 15.0 Å². The molecule has 0 unspecified atom stereocenters. The summed E-state index contributed by atoms with van der Waals surface area (Å²) in [6.07, 6.45) is 1.85. The molecule has 130 valence electrons. The van der Waals surface area contributed by atoms with Gasteiger partial charge in [0.2, 0.25) is 0 Å². The Bertz CT molecular complexity index is 785. The molecule has 0 fully saturated rings. The van der Waals surface area contributed by atoms with Gasteiger partial charge in [0.25, 0.3) is 0 Å². The van der Waals surface area contributed by atoms with Crippen molar-refractivity contribution in [2.75, 3.05) is 0 Å². The highest BCUT2D eigenvalue weighted by molar-refractivity contribution is 6.02. The Kier molecular flexibility index (Phi) is 4.67. The van der Waals surface area contributed by atoms with Crippen LogP contribution in [0.15, 0.2) is 24.3 Å². The molecule has 2 rings (SSSR count). The topological polar surface area (TPSA) is 57.5 Å². The number of hydrogen-bond acceptors (Lipinski definition) is 2. The molecule has 0 saturated heterocycles. The zero-order valence-electron chi connectivity index (χ0n) is 15.5. The van der Waals surface area contributed by atoms with Gasteiger partial charge in [-0.1, -0.05) is 53.7 Å². The third-order valence-corrected chi connectivity index (χ3v) is 5.62. The summed E-state index contributed by atoms with van der Waals surface area (Å²) in [7, 11) is 0. The molecule has 0 heterocycles. The van der Waals surface area contributed by atoms with Crippen molar-refractivity contribution in [3.63, 3.8) is 0 Å². The SMILES string of the molecule is CCC(C)(C)c1ccc2c(C(C)(C)CC)cc(C(=O)O)c(O)c2c1. The first-order valence-electron chi connectivity index (χ1n) is 8.59. The monoisotopic (exact) mass is 328 g/mol. The van der Waals surface area contributed by atoms with Gasteiger partial charge in [0.05, 0.1) is 0 Å². The molecule has 0 aliphatic heterocycles. The molecule has 0 amide bonds. The summed E-state index contributed by atoms with van der Waals surface area (Å²) in [6, 6.07) is 7.71. The summed E-state index contributed by atoms with van der Waals surface area (Å²) >= 11 is 0. The van der Waals surface area contributed by atoms with E-state index in [1.54, 1.807) is 6.07 Å². The molecule has 0 atom stereocenters. The van der Waals surface area contributed by atoms with Crippen LogP contribution in [0, 0.1) is 0 Å². The summed E-state index contributed by atoms with van der Waals surface area (Å²) in [4.78, 5) is 11.6. The lowest BCUT2D eigenvalue weighted by atomic mass is 9.76. The van der Waals surface area contributed by atoms with Crippen LogP contribution in [0.3, 0.4) is 0 Å². The molecule has 2 N–H and O–H groups in total. The Morgan fingerprint density at radius 2 is 1.54 bits per heavy atom. The van der Waals surface area contributed by atoms with E-state index < -0.39 is 5.97 Å². The van der Waals surface area contributed by atoms with E-state index in [2.05, 4.69) is 47.6 Å². The zero-order valence-corrected chi connectivity index (χ0v) is 15.5. The van der Waals surface area contributed by atoms with Crippen molar-refractivity contribution in [1.82, 2.24) is 0 Å². The van der Waals surface area contributed by atoms with E-state index in [1.165, 1.54) is 0 Å². The number of hydrogen-bond donors (Lipinski definition) is 2. The maximum Gasteiger partial charge on any atom is 0.339 e. The largest absolute Gasteiger partial charge is 0.506 e. The number of aromatic carboxylic acids is 1. The average molecular weight is 328 g/mol. The van der Waals surface area contributed by atoms with Crippen LogP contribution >= 0.6 is 0 Å². The van der Waals surface area contributed by atoms with Crippen LogP contribution in [-0.4, -0.2) is 16.2 Å². The second kappa shape index (κ2) is 6.12. The van der Waals surface area contributed by atoms with Gasteiger partial charge in [-0.2, -0.15) is 0 Å². The van der Waals surface area contributed by atoms with Crippen LogP contribution in [0.1, 0.15) is 75.9 Å². The lowest BCUT2D eigenvalue weighted by molar-refractivity contribution is 0.0694. The third kappa shape index (κ3) is 3.00. The van der Waals surface area contributed by atoms with Crippen molar-refractivity contribution in [1.29, 1.82) is 0 Å². The molecular weight excluding hydrogens is 300 g/mol. The van der Waals surface area contributed by atoms with Crippen molar-refractivity contribution in [3.8, 4) is 5.75 Å². The molecule has 0 aliphatic rings. The fraction of sp³-hybridized carbons (Fsp3) is 0.476. The Morgan fingerprint density at radius 3 is 2.04 bits per heavy atom. The molecule has 0 bridgehead atoms. The average Bonchev–Trinajstić information content (AvgIpc) is 2.54. The molecule has 3 heteroatoms. The first kappa shape index (κ1) is 18.3. The normalized spacial score (nSPS) is 12.6. The van der Waals surface area contributed by atoms with Gasteiger partial charge in [-0.3, -0.25) is 0 Å².